The van der Waals surface area contributed by atoms with E-state index in [9.17, 15) is 0 Å². The summed E-state index contributed by atoms with van der Waals surface area (Å²) in [5.41, 5.74) is 8.31. The minimum atomic E-state index is 0.246. The number of halogens is 1. The summed E-state index contributed by atoms with van der Waals surface area (Å²) in [6, 6.07) is 15.1. The second-order valence-corrected chi connectivity index (χ2v) is 6.18. The maximum absolute atomic E-state index is 5.74. The molecule has 3 heteroatoms. The van der Waals surface area contributed by atoms with Gasteiger partial charge in [0.25, 0.3) is 0 Å². The number of aryl methyl sites for hydroxylation is 2. The summed E-state index contributed by atoms with van der Waals surface area (Å²) in [6.45, 7) is 4.32. The van der Waals surface area contributed by atoms with Gasteiger partial charge in [0.2, 0.25) is 0 Å². The van der Waals surface area contributed by atoms with Crippen molar-refractivity contribution in [3.05, 3.63) is 69.2 Å². The molecule has 0 aliphatic rings. The quantitative estimate of drug-likeness (QED) is 0.647. The fourth-order valence-corrected chi connectivity index (χ4v) is 2.78. The Balaban J connectivity index is 2.11. The molecule has 0 aliphatic heterocycles. The van der Waals surface area contributed by atoms with E-state index in [4.69, 9.17) is 5.84 Å². The first-order valence-electron chi connectivity index (χ1n) is 6.86. The van der Waals surface area contributed by atoms with Gasteiger partial charge in [0.1, 0.15) is 0 Å². The summed E-state index contributed by atoms with van der Waals surface area (Å²) >= 11 is 3.46. The van der Waals surface area contributed by atoms with Crippen LogP contribution in [-0.4, -0.2) is 6.04 Å². The van der Waals surface area contributed by atoms with Gasteiger partial charge in [-0.15, -0.1) is 0 Å². The highest BCUT2D eigenvalue weighted by molar-refractivity contribution is 9.10. The van der Waals surface area contributed by atoms with Crippen molar-refractivity contribution in [2.45, 2.75) is 32.7 Å². The predicted octanol–water partition coefficient (Wildman–Crippen LogP) is 3.68. The van der Waals surface area contributed by atoms with Gasteiger partial charge in [-0.2, -0.15) is 0 Å². The number of nitrogens with one attached hydrogen (secondary N) is 1. The van der Waals surface area contributed by atoms with Crippen LogP contribution in [0, 0.1) is 13.8 Å². The third kappa shape index (κ3) is 3.92. The molecule has 0 bridgehead atoms. The van der Waals surface area contributed by atoms with Crippen molar-refractivity contribution in [2.75, 3.05) is 0 Å². The summed E-state index contributed by atoms with van der Waals surface area (Å²) in [7, 11) is 0. The topological polar surface area (TPSA) is 38.0 Å². The van der Waals surface area contributed by atoms with E-state index in [2.05, 4.69) is 77.7 Å². The van der Waals surface area contributed by atoms with E-state index < -0.39 is 0 Å². The van der Waals surface area contributed by atoms with Gasteiger partial charge in [0, 0.05) is 10.5 Å². The Hall–Kier alpha value is -1.16. The zero-order valence-electron chi connectivity index (χ0n) is 12.0. The molecular formula is C17H21BrN2. The fourth-order valence-electron chi connectivity index (χ4n) is 2.51. The Labute approximate surface area is 129 Å². The van der Waals surface area contributed by atoms with Crippen molar-refractivity contribution in [1.29, 1.82) is 0 Å². The molecule has 1 atom stereocenters. The molecule has 0 radical (unpaired) electrons. The van der Waals surface area contributed by atoms with E-state index in [0.717, 1.165) is 17.3 Å². The van der Waals surface area contributed by atoms with Crippen LogP contribution in [0.2, 0.25) is 0 Å². The number of rotatable bonds is 5. The highest BCUT2D eigenvalue weighted by atomic mass is 79.9. The lowest BCUT2D eigenvalue weighted by Gasteiger charge is -2.19. The predicted molar refractivity (Wildman–Crippen MR) is 88.6 cm³/mol. The minimum Gasteiger partial charge on any atom is -0.271 e. The normalized spacial score (nSPS) is 12.4. The molecule has 3 N–H and O–H groups in total. The molecule has 2 nitrogen and oxygen atoms in total. The molecular weight excluding hydrogens is 312 g/mol. The van der Waals surface area contributed by atoms with Crippen molar-refractivity contribution in [3.8, 4) is 0 Å². The molecule has 2 aromatic carbocycles. The maximum atomic E-state index is 5.74. The molecule has 0 aliphatic carbocycles. The largest absolute Gasteiger partial charge is 0.271 e. The monoisotopic (exact) mass is 332 g/mol. The number of benzene rings is 2. The lowest BCUT2D eigenvalue weighted by molar-refractivity contribution is 0.520. The van der Waals surface area contributed by atoms with Gasteiger partial charge in [-0.1, -0.05) is 46.3 Å². The Morgan fingerprint density at radius 3 is 2.15 bits per heavy atom. The van der Waals surface area contributed by atoms with Crippen LogP contribution in [0.4, 0.5) is 0 Å². The fraction of sp³-hybridized carbons (Fsp3) is 0.294. The van der Waals surface area contributed by atoms with Crippen molar-refractivity contribution in [2.24, 2.45) is 5.84 Å². The molecule has 20 heavy (non-hydrogen) atoms. The van der Waals surface area contributed by atoms with E-state index in [-0.39, 0.29) is 6.04 Å². The van der Waals surface area contributed by atoms with Crippen LogP contribution in [0.1, 0.15) is 22.3 Å². The van der Waals surface area contributed by atoms with Crippen LogP contribution in [0.25, 0.3) is 0 Å². The first kappa shape index (κ1) is 15.2. The lowest BCUT2D eigenvalue weighted by Crippen LogP contribution is -2.38. The van der Waals surface area contributed by atoms with Gasteiger partial charge < -0.3 is 0 Å². The number of hydrogen-bond acceptors (Lipinski definition) is 2. The second-order valence-electron chi connectivity index (χ2n) is 5.27. The van der Waals surface area contributed by atoms with Crippen molar-refractivity contribution >= 4 is 15.9 Å². The molecule has 2 aromatic rings. The second kappa shape index (κ2) is 7.02. The molecule has 106 valence electrons. The third-order valence-corrected chi connectivity index (χ3v) is 4.25. The summed E-state index contributed by atoms with van der Waals surface area (Å²) in [5.74, 6) is 5.74. The van der Waals surface area contributed by atoms with Crippen molar-refractivity contribution in [1.82, 2.24) is 5.43 Å². The molecule has 0 saturated carbocycles. The number of nitrogens with two attached hydrogens (primary N) is 1. The number of hydrogen-bond donors (Lipinski definition) is 2. The van der Waals surface area contributed by atoms with Crippen LogP contribution in [0.15, 0.2) is 46.9 Å². The molecule has 2 rings (SSSR count). The van der Waals surface area contributed by atoms with Crippen LogP contribution in [-0.2, 0) is 12.8 Å². The Bertz CT molecular complexity index is 543. The minimum absolute atomic E-state index is 0.246. The van der Waals surface area contributed by atoms with Gasteiger partial charge in [0.05, 0.1) is 0 Å². The first-order valence-corrected chi connectivity index (χ1v) is 7.65. The van der Waals surface area contributed by atoms with Crippen LogP contribution < -0.4 is 11.3 Å². The zero-order chi connectivity index (χ0) is 14.5. The Kier molecular flexibility index (Phi) is 5.35. The summed E-state index contributed by atoms with van der Waals surface area (Å²) in [4.78, 5) is 0. The molecule has 0 heterocycles. The zero-order valence-corrected chi connectivity index (χ0v) is 13.6. The number of hydrazine groups is 1. The van der Waals surface area contributed by atoms with Gasteiger partial charge in [-0.25, -0.2) is 0 Å². The van der Waals surface area contributed by atoms with Crippen LogP contribution in [0.3, 0.4) is 0 Å². The molecule has 0 amide bonds. The van der Waals surface area contributed by atoms with E-state index in [1.54, 1.807) is 0 Å². The van der Waals surface area contributed by atoms with Gasteiger partial charge in [-0.05, 0) is 61.1 Å². The SMILES string of the molecule is Cc1cccc(C)c1CC(Cc1ccc(Br)cc1)NN. The standard InChI is InChI=1S/C17H21BrN2/c1-12-4-3-5-13(2)17(12)11-16(20-19)10-14-6-8-15(18)9-7-14/h3-9,16,20H,10-11,19H2,1-2H3. The summed E-state index contributed by atoms with van der Waals surface area (Å²) < 4.78 is 1.10. The average molecular weight is 333 g/mol. The van der Waals surface area contributed by atoms with E-state index in [1.807, 2.05) is 0 Å². The van der Waals surface area contributed by atoms with Gasteiger partial charge in [-0.3, -0.25) is 11.3 Å². The summed E-state index contributed by atoms with van der Waals surface area (Å²) in [5, 5.41) is 0. The van der Waals surface area contributed by atoms with Crippen LogP contribution >= 0.6 is 15.9 Å². The Morgan fingerprint density at radius 2 is 1.60 bits per heavy atom. The molecule has 0 spiro atoms. The van der Waals surface area contributed by atoms with E-state index in [0.29, 0.717) is 0 Å². The molecule has 0 saturated heterocycles. The lowest BCUT2D eigenvalue weighted by atomic mass is 9.93. The average Bonchev–Trinajstić information content (AvgIpc) is 2.44. The van der Waals surface area contributed by atoms with Gasteiger partial charge in [0.15, 0.2) is 0 Å². The van der Waals surface area contributed by atoms with Crippen LogP contribution in [0.5, 0.6) is 0 Å². The third-order valence-electron chi connectivity index (χ3n) is 3.73. The smallest absolute Gasteiger partial charge is 0.0291 e. The van der Waals surface area contributed by atoms with Crippen molar-refractivity contribution in [3.63, 3.8) is 0 Å². The van der Waals surface area contributed by atoms with E-state index in [1.165, 1.54) is 22.3 Å². The van der Waals surface area contributed by atoms with E-state index >= 15 is 0 Å². The molecule has 1 unspecified atom stereocenters. The molecule has 0 aromatic heterocycles. The van der Waals surface area contributed by atoms with Crippen molar-refractivity contribution < 1.29 is 0 Å². The summed E-state index contributed by atoms with van der Waals surface area (Å²) in [6.07, 6.45) is 1.88. The maximum Gasteiger partial charge on any atom is 0.0291 e. The van der Waals surface area contributed by atoms with Gasteiger partial charge >= 0.3 is 0 Å². The highest BCUT2D eigenvalue weighted by Gasteiger charge is 2.12. The highest BCUT2D eigenvalue weighted by Crippen LogP contribution is 2.18. The Morgan fingerprint density at radius 1 is 1.00 bits per heavy atom. The first-order chi connectivity index (χ1) is 9.60. The molecule has 0 fully saturated rings.